The van der Waals surface area contributed by atoms with Crippen molar-refractivity contribution < 1.29 is 4.79 Å². The molecule has 0 saturated heterocycles. The molecule has 116 valence electrons. The van der Waals surface area contributed by atoms with Gasteiger partial charge in [0.2, 0.25) is 0 Å². The molecule has 2 aromatic rings. The maximum Gasteiger partial charge on any atom is 0.257 e. The molecule has 4 heteroatoms. The van der Waals surface area contributed by atoms with Crippen molar-refractivity contribution in [2.45, 2.75) is 33.1 Å². The Hall–Kier alpha value is -2.36. The summed E-state index contributed by atoms with van der Waals surface area (Å²) in [6.07, 6.45) is 5.15. The number of amides is 1. The van der Waals surface area contributed by atoms with Crippen LogP contribution in [0.15, 0.2) is 42.6 Å². The average Bonchev–Trinajstić information content (AvgIpc) is 2.54. The number of hydrogen-bond acceptors (Lipinski definition) is 3. The second kappa shape index (κ2) is 8.17. The molecule has 1 heterocycles. The quantitative estimate of drug-likeness (QED) is 0.751. The maximum atomic E-state index is 12.1. The summed E-state index contributed by atoms with van der Waals surface area (Å²) in [6, 6.07) is 11.4. The average molecular weight is 297 g/mol. The minimum atomic E-state index is -0.145. The van der Waals surface area contributed by atoms with Crippen LogP contribution in [0, 0.1) is 6.92 Å². The van der Waals surface area contributed by atoms with E-state index in [0.29, 0.717) is 5.56 Å². The zero-order valence-electron chi connectivity index (χ0n) is 13.2. The third kappa shape index (κ3) is 4.88. The van der Waals surface area contributed by atoms with Crippen LogP contribution in [0.2, 0.25) is 0 Å². The predicted molar refractivity (Wildman–Crippen MR) is 91.4 cm³/mol. The highest BCUT2D eigenvalue weighted by Crippen LogP contribution is 2.11. The van der Waals surface area contributed by atoms with Crippen LogP contribution in [0.3, 0.4) is 0 Å². The van der Waals surface area contributed by atoms with Crippen molar-refractivity contribution in [3.63, 3.8) is 0 Å². The zero-order chi connectivity index (χ0) is 15.8. The Morgan fingerprint density at radius 1 is 1.09 bits per heavy atom. The Morgan fingerprint density at radius 2 is 1.86 bits per heavy atom. The van der Waals surface area contributed by atoms with Gasteiger partial charge in [-0.05, 0) is 37.6 Å². The molecule has 0 aliphatic rings. The van der Waals surface area contributed by atoms with E-state index in [9.17, 15) is 4.79 Å². The molecule has 2 rings (SSSR count). The lowest BCUT2D eigenvalue weighted by Crippen LogP contribution is -2.12. The summed E-state index contributed by atoms with van der Waals surface area (Å²) in [5.41, 5.74) is 2.51. The molecule has 0 spiro atoms. The van der Waals surface area contributed by atoms with Crippen molar-refractivity contribution in [2.24, 2.45) is 0 Å². The van der Waals surface area contributed by atoms with E-state index in [1.807, 2.05) is 37.3 Å². The molecule has 0 saturated carbocycles. The molecule has 0 atom stereocenters. The fourth-order valence-electron chi connectivity index (χ4n) is 2.06. The first kappa shape index (κ1) is 16.0. The zero-order valence-corrected chi connectivity index (χ0v) is 13.2. The van der Waals surface area contributed by atoms with Crippen molar-refractivity contribution in [2.75, 3.05) is 17.2 Å². The van der Waals surface area contributed by atoms with Crippen LogP contribution in [-0.2, 0) is 0 Å². The number of pyridine rings is 1. The van der Waals surface area contributed by atoms with Gasteiger partial charge in [0.25, 0.3) is 5.91 Å². The molecule has 0 aliphatic heterocycles. The second-order valence-electron chi connectivity index (χ2n) is 5.39. The molecular formula is C18H23N3O. The summed E-state index contributed by atoms with van der Waals surface area (Å²) in [4.78, 5) is 16.4. The highest BCUT2D eigenvalue weighted by Gasteiger charge is 2.06. The fraction of sp³-hybridized carbons (Fsp3) is 0.333. The van der Waals surface area contributed by atoms with E-state index in [-0.39, 0.29) is 5.91 Å². The summed E-state index contributed by atoms with van der Waals surface area (Å²) in [7, 11) is 0. The van der Waals surface area contributed by atoms with E-state index < -0.39 is 0 Å². The van der Waals surface area contributed by atoms with Gasteiger partial charge in [0.15, 0.2) is 0 Å². The molecule has 0 bridgehead atoms. The SMILES string of the molecule is CCCCCNc1ccc(C(=O)Nc2ccc(C)cc2)cn1. The van der Waals surface area contributed by atoms with Crippen LogP contribution in [0.5, 0.6) is 0 Å². The summed E-state index contributed by atoms with van der Waals surface area (Å²) < 4.78 is 0. The summed E-state index contributed by atoms with van der Waals surface area (Å²) in [5.74, 6) is 0.664. The van der Waals surface area contributed by atoms with E-state index in [4.69, 9.17) is 0 Å². The minimum absolute atomic E-state index is 0.145. The lowest BCUT2D eigenvalue weighted by Gasteiger charge is -2.07. The molecule has 1 aromatic heterocycles. The van der Waals surface area contributed by atoms with Gasteiger partial charge in [0.05, 0.1) is 5.56 Å². The molecule has 1 aromatic carbocycles. The molecule has 1 amide bonds. The molecule has 0 unspecified atom stereocenters. The van der Waals surface area contributed by atoms with Crippen molar-refractivity contribution in [3.8, 4) is 0 Å². The fourth-order valence-corrected chi connectivity index (χ4v) is 2.06. The van der Waals surface area contributed by atoms with Crippen LogP contribution >= 0.6 is 0 Å². The normalized spacial score (nSPS) is 10.3. The van der Waals surface area contributed by atoms with E-state index in [1.54, 1.807) is 12.3 Å². The van der Waals surface area contributed by atoms with Crippen LogP contribution in [0.4, 0.5) is 11.5 Å². The van der Waals surface area contributed by atoms with E-state index in [2.05, 4.69) is 22.5 Å². The first-order valence-corrected chi connectivity index (χ1v) is 7.77. The second-order valence-corrected chi connectivity index (χ2v) is 5.39. The number of nitrogens with zero attached hydrogens (tertiary/aromatic N) is 1. The number of rotatable bonds is 7. The van der Waals surface area contributed by atoms with E-state index >= 15 is 0 Å². The standard InChI is InChI=1S/C18H23N3O/c1-3-4-5-12-19-17-11-8-15(13-20-17)18(22)21-16-9-6-14(2)7-10-16/h6-11,13H,3-5,12H2,1-2H3,(H,19,20)(H,21,22). The third-order valence-corrected chi connectivity index (χ3v) is 3.42. The Labute approximate surface area is 132 Å². The minimum Gasteiger partial charge on any atom is -0.370 e. The van der Waals surface area contributed by atoms with Gasteiger partial charge in [-0.3, -0.25) is 4.79 Å². The van der Waals surface area contributed by atoms with Crippen LogP contribution in [0.25, 0.3) is 0 Å². The van der Waals surface area contributed by atoms with E-state index in [1.165, 1.54) is 12.8 Å². The third-order valence-electron chi connectivity index (χ3n) is 3.42. The highest BCUT2D eigenvalue weighted by atomic mass is 16.1. The van der Waals surface area contributed by atoms with Crippen molar-refractivity contribution in [1.29, 1.82) is 0 Å². The maximum absolute atomic E-state index is 12.1. The van der Waals surface area contributed by atoms with Gasteiger partial charge < -0.3 is 10.6 Å². The number of unbranched alkanes of at least 4 members (excludes halogenated alkanes) is 2. The predicted octanol–water partition coefficient (Wildman–Crippen LogP) is 4.24. The first-order chi connectivity index (χ1) is 10.7. The van der Waals surface area contributed by atoms with Crippen molar-refractivity contribution in [1.82, 2.24) is 4.98 Å². The van der Waals surface area contributed by atoms with Crippen LogP contribution in [-0.4, -0.2) is 17.4 Å². The monoisotopic (exact) mass is 297 g/mol. The number of carbonyl (C=O) groups excluding carboxylic acids is 1. The Balaban J connectivity index is 1.89. The molecule has 2 N–H and O–H groups in total. The number of carbonyl (C=O) groups is 1. The van der Waals surface area contributed by atoms with Crippen LogP contribution < -0.4 is 10.6 Å². The number of aromatic nitrogens is 1. The molecule has 0 fully saturated rings. The van der Waals surface area contributed by atoms with Crippen LogP contribution in [0.1, 0.15) is 42.1 Å². The molecule has 4 nitrogen and oxygen atoms in total. The van der Waals surface area contributed by atoms with Gasteiger partial charge in [-0.2, -0.15) is 0 Å². The van der Waals surface area contributed by atoms with Gasteiger partial charge >= 0.3 is 0 Å². The van der Waals surface area contributed by atoms with E-state index in [0.717, 1.165) is 30.0 Å². The molecule has 22 heavy (non-hydrogen) atoms. The molecular weight excluding hydrogens is 274 g/mol. The number of aryl methyl sites for hydroxylation is 1. The number of benzene rings is 1. The Kier molecular flexibility index (Phi) is 5.95. The van der Waals surface area contributed by atoms with Crippen molar-refractivity contribution >= 4 is 17.4 Å². The van der Waals surface area contributed by atoms with Gasteiger partial charge in [0, 0.05) is 18.4 Å². The molecule has 0 radical (unpaired) electrons. The van der Waals surface area contributed by atoms with Gasteiger partial charge in [-0.25, -0.2) is 4.98 Å². The smallest absolute Gasteiger partial charge is 0.257 e. The summed E-state index contributed by atoms with van der Waals surface area (Å²) >= 11 is 0. The Morgan fingerprint density at radius 3 is 2.50 bits per heavy atom. The number of anilines is 2. The summed E-state index contributed by atoms with van der Waals surface area (Å²) in [6.45, 7) is 5.11. The lowest BCUT2D eigenvalue weighted by atomic mass is 10.2. The van der Waals surface area contributed by atoms with Gasteiger partial charge in [0.1, 0.15) is 5.82 Å². The largest absolute Gasteiger partial charge is 0.370 e. The van der Waals surface area contributed by atoms with Gasteiger partial charge in [-0.1, -0.05) is 37.5 Å². The highest BCUT2D eigenvalue weighted by molar-refractivity contribution is 6.04. The topological polar surface area (TPSA) is 54.0 Å². The Bertz CT molecular complexity index is 591. The number of hydrogen-bond donors (Lipinski definition) is 2. The van der Waals surface area contributed by atoms with Gasteiger partial charge in [-0.15, -0.1) is 0 Å². The lowest BCUT2D eigenvalue weighted by molar-refractivity contribution is 0.102. The van der Waals surface area contributed by atoms with Crippen molar-refractivity contribution in [3.05, 3.63) is 53.7 Å². The summed E-state index contributed by atoms with van der Waals surface area (Å²) in [5, 5.41) is 6.12. The first-order valence-electron chi connectivity index (χ1n) is 7.77. The number of nitrogens with one attached hydrogen (secondary N) is 2. The molecule has 0 aliphatic carbocycles.